The maximum absolute atomic E-state index is 10.0. The largest absolute Gasteiger partial charge is 0.392 e. The van der Waals surface area contributed by atoms with Crippen LogP contribution in [0.3, 0.4) is 0 Å². The Morgan fingerprint density at radius 1 is 1.45 bits per heavy atom. The maximum Gasteiger partial charge on any atom is 0.145 e. The first-order valence-electron chi connectivity index (χ1n) is 8.02. The zero-order chi connectivity index (χ0) is 15.8. The number of hydrogen-bond donors (Lipinski definition) is 1. The van der Waals surface area contributed by atoms with Crippen molar-refractivity contribution >= 4 is 5.71 Å². The summed E-state index contributed by atoms with van der Waals surface area (Å²) < 4.78 is 0. The van der Waals surface area contributed by atoms with Gasteiger partial charge in [-0.3, -0.25) is 4.90 Å². The molecular weight excluding hydrogens is 276 g/mol. The van der Waals surface area contributed by atoms with Crippen molar-refractivity contribution < 1.29 is 9.94 Å². The topological polar surface area (TPSA) is 45.1 Å². The van der Waals surface area contributed by atoms with Crippen LogP contribution in [-0.2, 0) is 4.84 Å². The standard InChI is InChI=1S/C18H26N2O2/c1-3-8-16(21)13-20(11-4-2)14-17-12-18(19-22-17)15-9-6-5-7-10-15/h4-7,9-10,16-17,21H,2-3,8,11-14H2,1H3/t16-,17+/m1/s1. The van der Waals surface area contributed by atoms with E-state index in [1.165, 1.54) is 0 Å². The molecule has 0 saturated heterocycles. The Hall–Kier alpha value is -1.65. The second-order valence-corrected chi connectivity index (χ2v) is 5.79. The van der Waals surface area contributed by atoms with Gasteiger partial charge in [0, 0.05) is 26.1 Å². The van der Waals surface area contributed by atoms with Gasteiger partial charge in [-0.05, 0) is 12.0 Å². The first-order chi connectivity index (χ1) is 10.7. The van der Waals surface area contributed by atoms with Crippen molar-refractivity contribution in [2.24, 2.45) is 5.16 Å². The lowest BCUT2D eigenvalue weighted by Gasteiger charge is -2.25. The van der Waals surface area contributed by atoms with Crippen LogP contribution in [0.15, 0.2) is 48.1 Å². The van der Waals surface area contributed by atoms with Gasteiger partial charge >= 0.3 is 0 Å². The van der Waals surface area contributed by atoms with Crippen molar-refractivity contribution in [3.8, 4) is 0 Å². The lowest BCUT2D eigenvalue weighted by Crippen LogP contribution is -2.38. The predicted octanol–water partition coefficient (Wildman–Crippen LogP) is 2.83. The number of hydrogen-bond acceptors (Lipinski definition) is 4. The van der Waals surface area contributed by atoms with Gasteiger partial charge in [0.1, 0.15) is 6.10 Å². The number of nitrogens with zero attached hydrogens (tertiary/aromatic N) is 2. The minimum atomic E-state index is -0.291. The van der Waals surface area contributed by atoms with E-state index in [0.29, 0.717) is 6.54 Å². The molecule has 1 heterocycles. The summed E-state index contributed by atoms with van der Waals surface area (Å²) in [5.41, 5.74) is 2.12. The van der Waals surface area contributed by atoms with Crippen molar-refractivity contribution in [3.63, 3.8) is 0 Å². The maximum atomic E-state index is 10.0. The first kappa shape index (κ1) is 16.7. The molecule has 0 aliphatic carbocycles. The van der Waals surface area contributed by atoms with Crippen LogP contribution in [0.4, 0.5) is 0 Å². The van der Waals surface area contributed by atoms with E-state index >= 15 is 0 Å². The average Bonchev–Trinajstić information content (AvgIpc) is 2.97. The Labute approximate surface area is 133 Å². The van der Waals surface area contributed by atoms with Crippen LogP contribution in [0, 0.1) is 0 Å². The fourth-order valence-corrected chi connectivity index (χ4v) is 2.74. The van der Waals surface area contributed by atoms with E-state index in [4.69, 9.17) is 4.84 Å². The molecule has 1 aromatic carbocycles. The molecule has 120 valence electrons. The Balaban J connectivity index is 1.86. The van der Waals surface area contributed by atoms with Crippen LogP contribution in [0.25, 0.3) is 0 Å². The quantitative estimate of drug-likeness (QED) is 0.713. The van der Waals surface area contributed by atoms with Crippen LogP contribution >= 0.6 is 0 Å². The molecule has 4 heteroatoms. The van der Waals surface area contributed by atoms with Gasteiger partial charge in [0.15, 0.2) is 0 Å². The van der Waals surface area contributed by atoms with Crippen LogP contribution in [0.1, 0.15) is 31.7 Å². The lowest BCUT2D eigenvalue weighted by atomic mass is 10.0. The summed E-state index contributed by atoms with van der Waals surface area (Å²) in [4.78, 5) is 7.75. The molecule has 4 nitrogen and oxygen atoms in total. The van der Waals surface area contributed by atoms with Gasteiger partial charge in [0.2, 0.25) is 0 Å². The summed E-state index contributed by atoms with van der Waals surface area (Å²) in [6.45, 7) is 8.04. The van der Waals surface area contributed by atoms with Gasteiger partial charge in [-0.25, -0.2) is 0 Å². The van der Waals surface area contributed by atoms with E-state index in [2.05, 4.69) is 35.7 Å². The number of aliphatic hydroxyl groups is 1. The average molecular weight is 302 g/mol. The number of aliphatic hydroxyl groups excluding tert-OH is 1. The molecule has 0 bridgehead atoms. The van der Waals surface area contributed by atoms with Gasteiger partial charge in [-0.2, -0.15) is 0 Å². The van der Waals surface area contributed by atoms with E-state index in [-0.39, 0.29) is 12.2 Å². The molecule has 2 atom stereocenters. The molecule has 0 spiro atoms. The third-order valence-corrected chi connectivity index (χ3v) is 3.78. The molecule has 2 rings (SSSR count). The van der Waals surface area contributed by atoms with Crippen LogP contribution in [-0.4, -0.2) is 47.6 Å². The van der Waals surface area contributed by atoms with E-state index in [9.17, 15) is 5.11 Å². The summed E-state index contributed by atoms with van der Waals surface area (Å²) >= 11 is 0. The highest BCUT2D eigenvalue weighted by Gasteiger charge is 2.24. The van der Waals surface area contributed by atoms with Crippen molar-refractivity contribution in [1.82, 2.24) is 4.90 Å². The first-order valence-corrected chi connectivity index (χ1v) is 8.02. The van der Waals surface area contributed by atoms with Crippen molar-refractivity contribution in [2.45, 2.75) is 38.4 Å². The van der Waals surface area contributed by atoms with E-state index < -0.39 is 0 Å². The third kappa shape index (κ3) is 4.97. The fraction of sp³-hybridized carbons (Fsp3) is 0.500. The Kier molecular flexibility index (Phi) is 6.62. The van der Waals surface area contributed by atoms with Crippen LogP contribution in [0.2, 0.25) is 0 Å². The normalized spacial score (nSPS) is 18.9. The Bertz CT molecular complexity index is 487. The molecule has 22 heavy (non-hydrogen) atoms. The smallest absolute Gasteiger partial charge is 0.145 e. The molecule has 0 radical (unpaired) electrons. The van der Waals surface area contributed by atoms with Gasteiger partial charge in [-0.15, -0.1) is 6.58 Å². The van der Waals surface area contributed by atoms with Gasteiger partial charge in [0.25, 0.3) is 0 Å². The molecule has 0 aromatic heterocycles. The van der Waals surface area contributed by atoms with Gasteiger partial charge < -0.3 is 9.94 Å². The van der Waals surface area contributed by atoms with Crippen LogP contribution in [0.5, 0.6) is 0 Å². The Morgan fingerprint density at radius 3 is 2.91 bits per heavy atom. The highest BCUT2D eigenvalue weighted by atomic mass is 16.6. The molecule has 0 saturated carbocycles. The van der Waals surface area contributed by atoms with E-state index in [1.54, 1.807) is 0 Å². The zero-order valence-corrected chi connectivity index (χ0v) is 13.3. The van der Waals surface area contributed by atoms with Crippen molar-refractivity contribution in [3.05, 3.63) is 48.6 Å². The highest BCUT2D eigenvalue weighted by Crippen LogP contribution is 2.17. The highest BCUT2D eigenvalue weighted by molar-refractivity contribution is 6.01. The summed E-state index contributed by atoms with van der Waals surface area (Å²) in [5.74, 6) is 0. The molecule has 0 amide bonds. The molecule has 0 fully saturated rings. The van der Waals surface area contributed by atoms with Crippen molar-refractivity contribution in [2.75, 3.05) is 19.6 Å². The summed E-state index contributed by atoms with van der Waals surface area (Å²) in [6, 6.07) is 10.1. The number of oxime groups is 1. The van der Waals surface area contributed by atoms with E-state index in [0.717, 1.165) is 43.6 Å². The minimum absolute atomic E-state index is 0.0454. The molecule has 1 aliphatic heterocycles. The van der Waals surface area contributed by atoms with E-state index in [1.807, 2.05) is 24.3 Å². The molecular formula is C18H26N2O2. The lowest BCUT2D eigenvalue weighted by molar-refractivity contribution is 0.0376. The molecule has 1 aromatic rings. The monoisotopic (exact) mass is 302 g/mol. The van der Waals surface area contributed by atoms with Gasteiger partial charge in [0.05, 0.1) is 11.8 Å². The summed E-state index contributed by atoms with van der Waals surface area (Å²) in [6.07, 6.45) is 4.24. The summed E-state index contributed by atoms with van der Waals surface area (Å²) in [7, 11) is 0. The van der Waals surface area contributed by atoms with Crippen molar-refractivity contribution in [1.29, 1.82) is 0 Å². The molecule has 0 unspecified atom stereocenters. The SMILES string of the molecule is C=CCN(C[C@H](O)CCC)C[C@@H]1CC(c2ccccc2)=NO1. The van der Waals surface area contributed by atoms with Gasteiger partial charge in [-0.1, -0.05) is 54.9 Å². The van der Waals surface area contributed by atoms with Crippen LogP contribution < -0.4 is 0 Å². The fourth-order valence-electron chi connectivity index (χ4n) is 2.74. The predicted molar refractivity (Wildman–Crippen MR) is 90.0 cm³/mol. The Morgan fingerprint density at radius 2 is 2.23 bits per heavy atom. The second kappa shape index (κ2) is 8.71. The second-order valence-electron chi connectivity index (χ2n) is 5.79. The molecule has 1 N–H and O–H groups in total. The summed E-state index contributed by atoms with van der Waals surface area (Å²) in [5, 5.41) is 14.2. The number of benzene rings is 1. The minimum Gasteiger partial charge on any atom is -0.392 e. The molecule has 1 aliphatic rings. The third-order valence-electron chi connectivity index (χ3n) is 3.78. The number of rotatable bonds is 9. The zero-order valence-electron chi connectivity index (χ0n) is 13.3.